The van der Waals surface area contributed by atoms with Gasteiger partial charge < -0.3 is 16.1 Å². The number of hydrogen-bond acceptors (Lipinski definition) is 3. The van der Waals surface area contributed by atoms with E-state index >= 15 is 0 Å². The van der Waals surface area contributed by atoms with Crippen LogP contribution in [-0.2, 0) is 12.7 Å². The molecule has 0 aliphatic carbocycles. The molecular formula is C19H19F3N4O. The lowest BCUT2D eigenvalue weighted by Gasteiger charge is -2.13. The number of hydrazine groups is 1. The molecule has 5 nitrogen and oxygen atoms in total. The first kappa shape index (κ1) is 18.8. The fraction of sp³-hybridized carbons (Fsp3) is 0.211. The highest BCUT2D eigenvalue weighted by Gasteiger charge is 2.32. The molecule has 2 amide bonds. The van der Waals surface area contributed by atoms with Crippen LogP contribution in [0.4, 0.5) is 23.7 Å². The standard InChI is InChI=1S/C19H19F3N4O/c1-12-5-6-16(8-17(12)19(20,21)22)26-18(27)23-9-13-3-2-4-14(7-13)15-10-24-25-11-15/h2-8,10,24-25H,9,11H2,1H3,(H2,23,26,27). The van der Waals surface area contributed by atoms with Gasteiger partial charge in [0, 0.05) is 25.0 Å². The Morgan fingerprint density at radius 2 is 2.00 bits per heavy atom. The normalized spacial score (nSPS) is 13.7. The summed E-state index contributed by atoms with van der Waals surface area (Å²) in [6.07, 6.45) is -2.59. The molecule has 2 aromatic rings. The Bertz CT molecular complexity index is 877. The maximum Gasteiger partial charge on any atom is 0.416 e. The molecule has 0 fully saturated rings. The van der Waals surface area contributed by atoms with Crippen molar-refractivity contribution in [3.63, 3.8) is 0 Å². The van der Waals surface area contributed by atoms with Gasteiger partial charge in [0.2, 0.25) is 0 Å². The Morgan fingerprint density at radius 1 is 1.19 bits per heavy atom. The smallest absolute Gasteiger partial charge is 0.334 e. The lowest BCUT2D eigenvalue weighted by atomic mass is 10.0. The fourth-order valence-corrected chi connectivity index (χ4v) is 2.76. The summed E-state index contributed by atoms with van der Waals surface area (Å²) in [5, 5.41) is 5.10. The number of alkyl halides is 3. The highest BCUT2D eigenvalue weighted by molar-refractivity contribution is 5.89. The first-order chi connectivity index (χ1) is 12.8. The number of carbonyl (C=O) groups is 1. The third kappa shape index (κ3) is 4.79. The number of aryl methyl sites for hydroxylation is 1. The number of urea groups is 1. The Labute approximate surface area is 154 Å². The topological polar surface area (TPSA) is 65.2 Å². The Hall–Kier alpha value is -3.00. The zero-order valence-corrected chi connectivity index (χ0v) is 14.6. The quantitative estimate of drug-likeness (QED) is 0.657. The third-order valence-corrected chi connectivity index (χ3v) is 4.18. The van der Waals surface area contributed by atoms with Crippen molar-refractivity contribution in [3.8, 4) is 0 Å². The third-order valence-electron chi connectivity index (χ3n) is 4.18. The molecule has 8 heteroatoms. The van der Waals surface area contributed by atoms with Gasteiger partial charge in [0.1, 0.15) is 0 Å². The van der Waals surface area contributed by atoms with Crippen LogP contribution in [0.3, 0.4) is 0 Å². The van der Waals surface area contributed by atoms with Gasteiger partial charge in [-0.3, -0.25) is 0 Å². The van der Waals surface area contributed by atoms with Gasteiger partial charge in [0.15, 0.2) is 0 Å². The van der Waals surface area contributed by atoms with Gasteiger partial charge in [-0.2, -0.15) is 13.2 Å². The minimum Gasteiger partial charge on any atom is -0.334 e. The number of amides is 2. The number of rotatable bonds is 4. The van der Waals surface area contributed by atoms with Crippen LogP contribution >= 0.6 is 0 Å². The molecule has 0 radical (unpaired) electrons. The average molecular weight is 376 g/mol. The minimum absolute atomic E-state index is 0.0902. The number of carbonyl (C=O) groups excluding carboxylic acids is 1. The molecule has 0 unspecified atom stereocenters. The molecule has 4 N–H and O–H groups in total. The zero-order valence-electron chi connectivity index (χ0n) is 14.6. The predicted octanol–water partition coefficient (Wildman–Crippen LogP) is 3.78. The summed E-state index contributed by atoms with van der Waals surface area (Å²) < 4.78 is 38.9. The van der Waals surface area contributed by atoms with Gasteiger partial charge in [0.25, 0.3) is 0 Å². The van der Waals surface area contributed by atoms with Crippen LogP contribution in [0, 0.1) is 6.92 Å². The Morgan fingerprint density at radius 3 is 2.70 bits per heavy atom. The van der Waals surface area contributed by atoms with E-state index in [1.807, 2.05) is 30.5 Å². The fourth-order valence-electron chi connectivity index (χ4n) is 2.76. The maximum atomic E-state index is 13.0. The summed E-state index contributed by atoms with van der Waals surface area (Å²) >= 11 is 0. The average Bonchev–Trinajstić information content (AvgIpc) is 3.16. The summed E-state index contributed by atoms with van der Waals surface area (Å²) in [5.74, 6) is 0. The van der Waals surface area contributed by atoms with Crippen molar-refractivity contribution in [1.29, 1.82) is 0 Å². The predicted molar refractivity (Wildman–Crippen MR) is 97.6 cm³/mol. The number of nitrogens with one attached hydrogen (secondary N) is 4. The number of hydrogen-bond donors (Lipinski definition) is 4. The van der Waals surface area contributed by atoms with Crippen LogP contribution in [0.25, 0.3) is 5.57 Å². The van der Waals surface area contributed by atoms with E-state index in [2.05, 4.69) is 21.5 Å². The van der Waals surface area contributed by atoms with E-state index < -0.39 is 17.8 Å². The number of benzene rings is 2. The largest absolute Gasteiger partial charge is 0.416 e. The molecule has 142 valence electrons. The SMILES string of the molecule is Cc1ccc(NC(=O)NCc2cccc(C3=CNNC3)c2)cc1C(F)(F)F. The van der Waals surface area contributed by atoms with Gasteiger partial charge in [-0.1, -0.05) is 24.3 Å². The Kier molecular flexibility index (Phi) is 5.36. The van der Waals surface area contributed by atoms with Gasteiger partial charge in [-0.15, -0.1) is 0 Å². The van der Waals surface area contributed by atoms with Crippen molar-refractivity contribution < 1.29 is 18.0 Å². The molecule has 3 rings (SSSR count). The molecule has 0 saturated carbocycles. The Balaban J connectivity index is 1.61. The van der Waals surface area contributed by atoms with Gasteiger partial charge in [-0.25, -0.2) is 10.2 Å². The molecule has 2 aromatic carbocycles. The maximum absolute atomic E-state index is 13.0. The van der Waals surface area contributed by atoms with Crippen molar-refractivity contribution in [2.24, 2.45) is 0 Å². The van der Waals surface area contributed by atoms with E-state index in [0.29, 0.717) is 6.54 Å². The van der Waals surface area contributed by atoms with E-state index in [4.69, 9.17) is 0 Å². The number of halogens is 3. The summed E-state index contributed by atoms with van der Waals surface area (Å²) in [7, 11) is 0. The molecule has 0 aromatic heterocycles. The zero-order chi connectivity index (χ0) is 19.4. The van der Waals surface area contributed by atoms with E-state index in [1.54, 1.807) is 0 Å². The second kappa shape index (κ2) is 7.71. The molecule has 1 heterocycles. The molecule has 0 saturated heterocycles. The van der Waals surface area contributed by atoms with Crippen molar-refractivity contribution in [3.05, 3.63) is 70.9 Å². The molecule has 1 aliphatic heterocycles. The molecule has 0 bridgehead atoms. The van der Waals surface area contributed by atoms with Crippen LogP contribution in [0.2, 0.25) is 0 Å². The molecule has 27 heavy (non-hydrogen) atoms. The monoisotopic (exact) mass is 376 g/mol. The van der Waals surface area contributed by atoms with Crippen molar-refractivity contribution in [2.75, 3.05) is 11.9 Å². The second-order valence-corrected chi connectivity index (χ2v) is 6.20. The lowest BCUT2D eigenvalue weighted by molar-refractivity contribution is -0.138. The van der Waals surface area contributed by atoms with E-state index in [1.165, 1.54) is 19.1 Å². The van der Waals surface area contributed by atoms with Crippen molar-refractivity contribution in [1.82, 2.24) is 16.2 Å². The first-order valence-corrected chi connectivity index (χ1v) is 8.32. The van der Waals surface area contributed by atoms with E-state index in [9.17, 15) is 18.0 Å². The highest BCUT2D eigenvalue weighted by atomic mass is 19.4. The minimum atomic E-state index is -4.46. The van der Waals surface area contributed by atoms with Crippen LogP contribution in [-0.4, -0.2) is 12.6 Å². The van der Waals surface area contributed by atoms with Crippen LogP contribution < -0.4 is 21.5 Å². The summed E-state index contributed by atoms with van der Waals surface area (Å²) in [4.78, 5) is 12.0. The van der Waals surface area contributed by atoms with Crippen molar-refractivity contribution >= 4 is 17.3 Å². The van der Waals surface area contributed by atoms with Gasteiger partial charge in [0.05, 0.1) is 5.56 Å². The van der Waals surface area contributed by atoms with Gasteiger partial charge in [-0.05, 0) is 47.4 Å². The lowest BCUT2D eigenvalue weighted by Crippen LogP contribution is -2.28. The molecule has 0 spiro atoms. The highest BCUT2D eigenvalue weighted by Crippen LogP contribution is 2.33. The van der Waals surface area contributed by atoms with Crippen molar-refractivity contribution in [2.45, 2.75) is 19.6 Å². The molecular weight excluding hydrogens is 357 g/mol. The van der Waals surface area contributed by atoms with Crippen LogP contribution in [0.1, 0.15) is 22.3 Å². The molecule has 0 atom stereocenters. The van der Waals surface area contributed by atoms with E-state index in [-0.39, 0.29) is 17.8 Å². The number of anilines is 1. The summed E-state index contributed by atoms with van der Waals surface area (Å²) in [6.45, 7) is 2.34. The first-order valence-electron chi connectivity index (χ1n) is 8.32. The van der Waals surface area contributed by atoms with E-state index in [0.717, 1.165) is 22.8 Å². The second-order valence-electron chi connectivity index (χ2n) is 6.20. The summed E-state index contributed by atoms with van der Waals surface area (Å²) in [5.41, 5.74) is 8.34. The summed E-state index contributed by atoms with van der Waals surface area (Å²) in [6, 6.07) is 10.8. The van der Waals surface area contributed by atoms with Crippen LogP contribution in [0.5, 0.6) is 0 Å². The van der Waals surface area contributed by atoms with Gasteiger partial charge >= 0.3 is 12.2 Å². The van der Waals surface area contributed by atoms with Crippen LogP contribution in [0.15, 0.2) is 48.7 Å². The molecule has 1 aliphatic rings.